The first-order valence-corrected chi connectivity index (χ1v) is 13.3. The van der Waals surface area contributed by atoms with E-state index in [1.54, 1.807) is 29.2 Å². The maximum absolute atomic E-state index is 14.2. The van der Waals surface area contributed by atoms with Crippen LogP contribution in [0.2, 0.25) is 0 Å². The van der Waals surface area contributed by atoms with E-state index in [4.69, 9.17) is 9.05 Å². The summed E-state index contributed by atoms with van der Waals surface area (Å²) in [7, 11) is -3.73. The minimum Gasteiger partial charge on any atom is -0.415 e. The molecule has 6 nitrogen and oxygen atoms in total. The predicted molar refractivity (Wildman–Crippen MR) is 126 cm³/mol. The fourth-order valence-corrected chi connectivity index (χ4v) is 6.86. The average molecular weight is 457 g/mol. The molecule has 2 aromatic rings. The van der Waals surface area contributed by atoms with Crippen LogP contribution >= 0.6 is 7.60 Å². The number of carbonyl (C=O) groups excluding carboxylic acids is 1. The summed E-state index contributed by atoms with van der Waals surface area (Å²) in [5.74, 6) is 0.288. The second kappa shape index (κ2) is 10.5. The molecule has 7 heteroatoms. The molecule has 1 N–H and O–H groups in total. The molecule has 1 saturated carbocycles. The van der Waals surface area contributed by atoms with Crippen LogP contribution in [0.5, 0.6) is 11.5 Å². The zero-order valence-corrected chi connectivity index (χ0v) is 19.6. The van der Waals surface area contributed by atoms with Crippen molar-refractivity contribution in [2.75, 3.05) is 6.54 Å². The second-order valence-electron chi connectivity index (χ2n) is 8.73. The number of nitrogens with zero attached hydrogens (tertiary/aromatic N) is 1. The van der Waals surface area contributed by atoms with Crippen LogP contribution in [-0.4, -0.2) is 35.2 Å². The quantitative estimate of drug-likeness (QED) is 0.524. The lowest BCUT2D eigenvalue weighted by Gasteiger charge is -2.34. The average Bonchev–Trinajstić information content (AvgIpc) is 3.31. The van der Waals surface area contributed by atoms with Gasteiger partial charge in [0.15, 0.2) is 5.78 Å². The molecule has 0 spiro atoms. The van der Waals surface area contributed by atoms with E-state index in [-0.39, 0.29) is 11.9 Å². The Morgan fingerprint density at radius 2 is 1.47 bits per heavy atom. The van der Waals surface area contributed by atoms with Crippen LogP contribution in [-0.2, 0) is 9.36 Å². The van der Waals surface area contributed by atoms with Gasteiger partial charge in [0, 0.05) is 12.6 Å². The van der Waals surface area contributed by atoms with Gasteiger partial charge in [0.2, 0.25) is 5.91 Å². The number of rotatable bonds is 8. The number of likely N-dealkylation sites (tertiary alicyclic amines) is 1. The molecule has 1 amide bonds. The van der Waals surface area contributed by atoms with Crippen molar-refractivity contribution in [1.29, 1.82) is 0 Å². The minimum atomic E-state index is -3.73. The molecule has 0 unspecified atom stereocenters. The molecule has 2 aromatic carbocycles. The van der Waals surface area contributed by atoms with Crippen molar-refractivity contribution >= 4 is 13.5 Å². The lowest BCUT2D eigenvalue weighted by molar-refractivity contribution is -0.133. The first-order valence-electron chi connectivity index (χ1n) is 11.7. The van der Waals surface area contributed by atoms with E-state index in [1.165, 1.54) is 19.3 Å². The zero-order valence-electron chi connectivity index (χ0n) is 18.7. The molecule has 0 radical (unpaired) electrons. The molecular weight excluding hydrogens is 423 g/mol. The normalized spacial score (nSPS) is 20.7. The Bertz CT molecular complexity index is 873. The van der Waals surface area contributed by atoms with Crippen LogP contribution < -0.4 is 14.4 Å². The number of nitrogens with one attached hydrogen (secondary N) is 1. The van der Waals surface area contributed by atoms with E-state index in [0.717, 1.165) is 19.3 Å². The largest absolute Gasteiger partial charge is 0.453 e. The summed E-state index contributed by atoms with van der Waals surface area (Å²) < 4.78 is 26.3. The van der Waals surface area contributed by atoms with Crippen LogP contribution in [0, 0.1) is 0 Å². The van der Waals surface area contributed by atoms with Gasteiger partial charge in [-0.2, -0.15) is 0 Å². The molecular formula is C25H33N2O4P. The minimum absolute atomic E-state index is 0.0355. The smallest absolute Gasteiger partial charge is 0.415 e. The molecule has 2 fully saturated rings. The molecule has 172 valence electrons. The van der Waals surface area contributed by atoms with Gasteiger partial charge in [-0.1, -0.05) is 55.7 Å². The highest BCUT2D eigenvalue weighted by molar-refractivity contribution is 7.55. The van der Waals surface area contributed by atoms with Crippen molar-refractivity contribution < 1.29 is 18.4 Å². The van der Waals surface area contributed by atoms with E-state index >= 15 is 0 Å². The van der Waals surface area contributed by atoms with Crippen molar-refractivity contribution in [3.63, 3.8) is 0 Å². The molecule has 4 rings (SSSR count). The highest BCUT2D eigenvalue weighted by Gasteiger charge is 2.48. The summed E-state index contributed by atoms with van der Waals surface area (Å²) in [5, 5.41) is 3.50. The topological polar surface area (TPSA) is 67.9 Å². The first kappa shape index (κ1) is 22.9. The van der Waals surface area contributed by atoms with Crippen molar-refractivity contribution in [1.82, 2.24) is 10.2 Å². The van der Waals surface area contributed by atoms with E-state index < -0.39 is 13.4 Å². The molecule has 2 atom stereocenters. The third-order valence-corrected chi connectivity index (χ3v) is 8.48. The van der Waals surface area contributed by atoms with Crippen LogP contribution in [0.15, 0.2) is 60.7 Å². The van der Waals surface area contributed by atoms with E-state index in [9.17, 15) is 9.36 Å². The number of benzene rings is 2. The number of hydrogen-bond acceptors (Lipinski definition) is 5. The maximum atomic E-state index is 14.2. The molecule has 1 aliphatic carbocycles. The Balaban J connectivity index is 1.54. The Morgan fingerprint density at radius 3 is 2.03 bits per heavy atom. The van der Waals surface area contributed by atoms with Crippen molar-refractivity contribution in [3.8, 4) is 11.5 Å². The van der Waals surface area contributed by atoms with Gasteiger partial charge in [-0.15, -0.1) is 0 Å². The summed E-state index contributed by atoms with van der Waals surface area (Å²) in [6.07, 6.45) is 7.24. The summed E-state index contributed by atoms with van der Waals surface area (Å²) in [5.41, 5.74) is 0. The third kappa shape index (κ3) is 5.54. The van der Waals surface area contributed by atoms with Crippen LogP contribution in [0.4, 0.5) is 0 Å². The van der Waals surface area contributed by atoms with Gasteiger partial charge in [-0.25, -0.2) is 4.57 Å². The number of hydrogen-bond donors (Lipinski definition) is 1. The van der Waals surface area contributed by atoms with Crippen LogP contribution in [0.3, 0.4) is 0 Å². The predicted octanol–water partition coefficient (Wildman–Crippen LogP) is 5.60. The molecule has 1 saturated heterocycles. The van der Waals surface area contributed by atoms with Crippen LogP contribution in [0.25, 0.3) is 0 Å². The first-order chi connectivity index (χ1) is 15.5. The SMILES string of the molecule is C[C@H](NC1CCCCC1)C(=O)N1CCC[C@@H]1P(=O)(Oc1ccccc1)Oc1ccccc1. The van der Waals surface area contributed by atoms with Gasteiger partial charge >= 0.3 is 7.60 Å². The fourth-order valence-electron chi connectivity index (χ4n) is 4.67. The number of carbonyl (C=O) groups is 1. The lowest BCUT2D eigenvalue weighted by atomic mass is 9.95. The van der Waals surface area contributed by atoms with E-state index in [0.29, 0.717) is 30.5 Å². The Morgan fingerprint density at radius 1 is 0.906 bits per heavy atom. The van der Waals surface area contributed by atoms with Crippen molar-refractivity contribution in [3.05, 3.63) is 60.7 Å². The molecule has 1 aliphatic heterocycles. The standard InChI is InChI=1S/C25H33N2O4P/c1-20(26-21-12-5-2-6-13-21)25(28)27-19-11-18-24(27)32(29,30-22-14-7-3-8-15-22)31-23-16-9-4-10-17-23/h3-4,7-10,14-17,20-21,24,26H,2,5-6,11-13,18-19H2,1H3/t20-,24-/m0/s1. The summed E-state index contributed by atoms with van der Waals surface area (Å²) in [6, 6.07) is 18.1. The Labute approximate surface area is 190 Å². The molecule has 0 aromatic heterocycles. The fraction of sp³-hybridized carbons (Fsp3) is 0.480. The Hall–Kier alpha value is -2.30. The number of para-hydroxylation sites is 2. The van der Waals surface area contributed by atoms with Gasteiger partial charge in [-0.05, 0) is 56.9 Å². The van der Waals surface area contributed by atoms with Gasteiger partial charge in [0.1, 0.15) is 11.5 Å². The zero-order chi connectivity index (χ0) is 22.4. The lowest BCUT2D eigenvalue weighted by Crippen LogP contribution is -2.50. The van der Waals surface area contributed by atoms with Gasteiger partial charge in [-0.3, -0.25) is 4.79 Å². The van der Waals surface area contributed by atoms with Gasteiger partial charge < -0.3 is 19.3 Å². The van der Waals surface area contributed by atoms with Crippen molar-refractivity contribution in [2.45, 2.75) is 69.7 Å². The highest BCUT2D eigenvalue weighted by Crippen LogP contribution is 2.57. The monoisotopic (exact) mass is 456 g/mol. The summed E-state index contributed by atoms with van der Waals surface area (Å²) in [6.45, 7) is 2.47. The second-order valence-corrected chi connectivity index (χ2v) is 10.8. The van der Waals surface area contributed by atoms with Gasteiger partial charge in [0.05, 0.1) is 6.04 Å². The molecule has 32 heavy (non-hydrogen) atoms. The highest BCUT2D eigenvalue weighted by atomic mass is 31.2. The van der Waals surface area contributed by atoms with Crippen molar-refractivity contribution in [2.24, 2.45) is 0 Å². The van der Waals surface area contributed by atoms with E-state index in [1.807, 2.05) is 43.3 Å². The molecule has 0 bridgehead atoms. The summed E-state index contributed by atoms with van der Waals surface area (Å²) >= 11 is 0. The molecule has 1 heterocycles. The number of amides is 1. The molecule has 2 aliphatic rings. The third-order valence-electron chi connectivity index (χ3n) is 6.28. The van der Waals surface area contributed by atoms with E-state index in [2.05, 4.69) is 5.32 Å². The van der Waals surface area contributed by atoms with Gasteiger partial charge in [0.25, 0.3) is 0 Å². The Kier molecular flexibility index (Phi) is 7.54. The maximum Gasteiger partial charge on any atom is 0.453 e. The van der Waals surface area contributed by atoms with Crippen LogP contribution in [0.1, 0.15) is 51.9 Å². The summed E-state index contributed by atoms with van der Waals surface area (Å²) in [4.78, 5) is 15.1.